The van der Waals surface area contributed by atoms with E-state index in [1.54, 1.807) is 11.3 Å². The van der Waals surface area contributed by atoms with Gasteiger partial charge >= 0.3 is 0 Å². The molecule has 1 aliphatic rings. The molecular weight excluding hydrogens is 272 g/mol. The largest absolute Gasteiger partial charge is 0.491 e. The summed E-state index contributed by atoms with van der Waals surface area (Å²) in [6, 6.07) is 5.80. The lowest BCUT2D eigenvalue weighted by molar-refractivity contribution is 0.297. The van der Waals surface area contributed by atoms with Gasteiger partial charge in [0.2, 0.25) is 0 Å². The molecule has 20 heavy (non-hydrogen) atoms. The van der Waals surface area contributed by atoms with Crippen LogP contribution >= 0.6 is 11.3 Å². The third-order valence-corrected chi connectivity index (χ3v) is 4.21. The predicted octanol–water partition coefficient (Wildman–Crippen LogP) is 3.07. The van der Waals surface area contributed by atoms with E-state index in [1.165, 1.54) is 5.01 Å². The zero-order valence-electron chi connectivity index (χ0n) is 11.5. The van der Waals surface area contributed by atoms with Gasteiger partial charge in [0.1, 0.15) is 24.7 Å². The number of benzene rings is 1. The van der Waals surface area contributed by atoms with Crippen LogP contribution in [0.15, 0.2) is 23.6 Å². The van der Waals surface area contributed by atoms with Crippen LogP contribution < -0.4 is 15.2 Å². The lowest BCUT2D eigenvalue weighted by atomic mass is 10.1. The smallest absolute Gasteiger partial charge is 0.131 e. The molecule has 0 saturated heterocycles. The number of fused-ring (bicyclic) bond motifs is 1. The molecule has 1 unspecified atom stereocenters. The number of nitrogens with zero attached hydrogens (tertiary/aromatic N) is 1. The van der Waals surface area contributed by atoms with Crippen molar-refractivity contribution in [1.29, 1.82) is 0 Å². The Balaban J connectivity index is 1.63. The molecule has 1 atom stereocenters. The second-order valence-corrected chi connectivity index (χ2v) is 5.83. The fourth-order valence-electron chi connectivity index (χ4n) is 2.21. The molecule has 0 amide bonds. The third kappa shape index (κ3) is 2.78. The van der Waals surface area contributed by atoms with Crippen molar-refractivity contribution >= 4 is 11.3 Å². The molecule has 3 rings (SSSR count). The van der Waals surface area contributed by atoms with Gasteiger partial charge in [-0.25, -0.2) is 4.98 Å². The second kappa shape index (κ2) is 5.81. The Bertz CT molecular complexity index is 597. The van der Waals surface area contributed by atoms with Gasteiger partial charge in [-0.2, -0.15) is 0 Å². The monoisotopic (exact) mass is 290 g/mol. The van der Waals surface area contributed by atoms with E-state index >= 15 is 0 Å². The van der Waals surface area contributed by atoms with Crippen LogP contribution in [0.5, 0.6) is 11.5 Å². The number of ether oxygens (including phenoxy) is 2. The minimum absolute atomic E-state index is 0.0193. The molecule has 2 N–H and O–H groups in total. The maximum atomic E-state index is 5.92. The standard InChI is InChI=1S/C15H18N2O2S/c1-2-3-15-17-10(9-20-15)7-18-11-4-5-12-13(16)8-19-14(12)6-11/h4-6,9,13H,2-3,7-8,16H2,1H3. The molecule has 0 spiro atoms. The number of rotatable bonds is 5. The highest BCUT2D eigenvalue weighted by Gasteiger charge is 2.20. The van der Waals surface area contributed by atoms with E-state index in [9.17, 15) is 0 Å². The zero-order valence-corrected chi connectivity index (χ0v) is 12.3. The summed E-state index contributed by atoms with van der Waals surface area (Å²) in [4.78, 5) is 4.54. The summed E-state index contributed by atoms with van der Waals surface area (Å²) in [7, 11) is 0. The summed E-state index contributed by atoms with van der Waals surface area (Å²) in [6.45, 7) is 3.20. The molecule has 0 aliphatic carbocycles. The van der Waals surface area contributed by atoms with E-state index in [4.69, 9.17) is 15.2 Å². The molecule has 0 bridgehead atoms. The van der Waals surface area contributed by atoms with Crippen LogP contribution in [0.3, 0.4) is 0 Å². The highest BCUT2D eigenvalue weighted by Crippen LogP contribution is 2.34. The van der Waals surface area contributed by atoms with Gasteiger partial charge in [-0.05, 0) is 25.0 Å². The summed E-state index contributed by atoms with van der Waals surface area (Å²) in [5, 5.41) is 3.24. The van der Waals surface area contributed by atoms with Crippen molar-refractivity contribution in [3.8, 4) is 11.5 Å². The Morgan fingerprint density at radius 3 is 3.25 bits per heavy atom. The molecule has 4 nitrogen and oxygen atoms in total. The molecule has 2 heterocycles. The first-order valence-corrected chi connectivity index (χ1v) is 7.72. The summed E-state index contributed by atoms with van der Waals surface area (Å²) in [5.41, 5.74) is 7.95. The lowest BCUT2D eigenvalue weighted by Gasteiger charge is -2.06. The number of thiazole rings is 1. The van der Waals surface area contributed by atoms with E-state index in [1.807, 2.05) is 18.2 Å². The van der Waals surface area contributed by atoms with E-state index in [-0.39, 0.29) is 6.04 Å². The number of aromatic nitrogens is 1. The third-order valence-electron chi connectivity index (χ3n) is 3.25. The average Bonchev–Trinajstić information content (AvgIpc) is 3.04. The number of hydrogen-bond acceptors (Lipinski definition) is 5. The first-order chi connectivity index (χ1) is 9.76. The summed E-state index contributed by atoms with van der Waals surface area (Å²) in [6.07, 6.45) is 2.16. The molecule has 106 valence electrons. The van der Waals surface area contributed by atoms with Crippen molar-refractivity contribution in [1.82, 2.24) is 4.98 Å². The van der Waals surface area contributed by atoms with Crippen LogP contribution in [0.25, 0.3) is 0 Å². The predicted molar refractivity (Wildman–Crippen MR) is 79.3 cm³/mol. The van der Waals surface area contributed by atoms with Crippen molar-refractivity contribution < 1.29 is 9.47 Å². The lowest BCUT2D eigenvalue weighted by Crippen LogP contribution is -2.10. The highest BCUT2D eigenvalue weighted by molar-refractivity contribution is 7.09. The SMILES string of the molecule is CCCc1nc(COc2ccc3c(c2)OCC3N)cs1. The van der Waals surface area contributed by atoms with Crippen LogP contribution in [0.4, 0.5) is 0 Å². The Hall–Kier alpha value is -1.59. The normalized spacial score (nSPS) is 16.8. The molecule has 5 heteroatoms. The summed E-state index contributed by atoms with van der Waals surface area (Å²) < 4.78 is 11.3. The van der Waals surface area contributed by atoms with E-state index < -0.39 is 0 Å². The van der Waals surface area contributed by atoms with Gasteiger partial charge in [0.15, 0.2) is 0 Å². The number of aryl methyl sites for hydroxylation is 1. The Kier molecular flexibility index (Phi) is 3.89. The minimum atomic E-state index is -0.0193. The molecule has 0 fully saturated rings. The number of nitrogens with two attached hydrogens (primary N) is 1. The quantitative estimate of drug-likeness (QED) is 0.919. The van der Waals surface area contributed by atoms with Gasteiger partial charge in [-0.1, -0.05) is 6.92 Å². The van der Waals surface area contributed by atoms with Gasteiger partial charge in [0, 0.05) is 17.0 Å². The van der Waals surface area contributed by atoms with Gasteiger partial charge in [-0.15, -0.1) is 11.3 Å². The van der Waals surface area contributed by atoms with Gasteiger partial charge in [0.25, 0.3) is 0 Å². The number of hydrogen-bond donors (Lipinski definition) is 1. The molecule has 0 saturated carbocycles. The van der Waals surface area contributed by atoms with Crippen LogP contribution in [0.2, 0.25) is 0 Å². The van der Waals surface area contributed by atoms with Crippen molar-refractivity contribution in [2.75, 3.05) is 6.61 Å². The van der Waals surface area contributed by atoms with Crippen molar-refractivity contribution in [3.05, 3.63) is 39.8 Å². The van der Waals surface area contributed by atoms with E-state index in [0.717, 1.165) is 35.6 Å². The molecule has 1 aromatic heterocycles. The van der Waals surface area contributed by atoms with Crippen molar-refractivity contribution in [3.63, 3.8) is 0 Å². The topological polar surface area (TPSA) is 57.4 Å². The maximum absolute atomic E-state index is 5.92. The minimum Gasteiger partial charge on any atom is -0.491 e. The van der Waals surface area contributed by atoms with Gasteiger partial charge < -0.3 is 15.2 Å². The van der Waals surface area contributed by atoms with E-state index in [0.29, 0.717) is 13.2 Å². The Labute approximate surface area is 122 Å². The first-order valence-electron chi connectivity index (χ1n) is 6.84. The molecule has 0 radical (unpaired) electrons. The average molecular weight is 290 g/mol. The van der Waals surface area contributed by atoms with Crippen LogP contribution in [-0.2, 0) is 13.0 Å². The fraction of sp³-hybridized carbons (Fsp3) is 0.400. The van der Waals surface area contributed by atoms with Crippen LogP contribution in [0.1, 0.15) is 35.7 Å². The van der Waals surface area contributed by atoms with Crippen molar-refractivity contribution in [2.24, 2.45) is 5.73 Å². The van der Waals surface area contributed by atoms with E-state index in [2.05, 4.69) is 17.3 Å². The van der Waals surface area contributed by atoms with Crippen molar-refractivity contribution in [2.45, 2.75) is 32.4 Å². The summed E-state index contributed by atoms with van der Waals surface area (Å²) >= 11 is 1.70. The molecule has 1 aliphatic heterocycles. The van der Waals surface area contributed by atoms with Crippen LogP contribution in [-0.4, -0.2) is 11.6 Å². The first kappa shape index (κ1) is 13.4. The zero-order chi connectivity index (χ0) is 13.9. The van der Waals surface area contributed by atoms with Gasteiger partial charge in [0.05, 0.1) is 16.7 Å². The molecular formula is C15H18N2O2S. The molecule has 1 aromatic carbocycles. The Morgan fingerprint density at radius 1 is 1.50 bits per heavy atom. The summed E-state index contributed by atoms with van der Waals surface area (Å²) in [5.74, 6) is 1.63. The Morgan fingerprint density at radius 2 is 2.40 bits per heavy atom. The van der Waals surface area contributed by atoms with Crippen LogP contribution in [0, 0.1) is 0 Å². The van der Waals surface area contributed by atoms with Gasteiger partial charge in [-0.3, -0.25) is 0 Å². The highest BCUT2D eigenvalue weighted by atomic mass is 32.1. The maximum Gasteiger partial charge on any atom is 0.131 e. The fourth-order valence-corrected chi connectivity index (χ4v) is 3.09. The second-order valence-electron chi connectivity index (χ2n) is 4.89. The molecule has 2 aromatic rings.